The molecule has 1 aromatic heterocycles. The molecule has 0 radical (unpaired) electrons. The van der Waals surface area contributed by atoms with Crippen molar-refractivity contribution in [2.45, 2.75) is 18.9 Å². The molecule has 12 heteroatoms. The first kappa shape index (κ1) is 17.6. The molecular formula is C12H7F6N3O3. The van der Waals surface area contributed by atoms with Crippen LogP contribution in [0.3, 0.4) is 0 Å². The van der Waals surface area contributed by atoms with E-state index >= 15 is 0 Å². The van der Waals surface area contributed by atoms with Gasteiger partial charge in [-0.2, -0.15) is 26.3 Å². The number of carboxylic acid groups (broad SMARTS) is 1. The molecule has 0 aliphatic heterocycles. The minimum absolute atomic E-state index is 0.0482. The van der Waals surface area contributed by atoms with Crippen molar-refractivity contribution in [2.75, 3.05) is 0 Å². The van der Waals surface area contributed by atoms with E-state index in [9.17, 15) is 36.2 Å². The summed E-state index contributed by atoms with van der Waals surface area (Å²) in [4.78, 5) is 10.7. The number of halogens is 6. The summed E-state index contributed by atoms with van der Waals surface area (Å²) in [5.41, 5.74) is -4.44. The fourth-order valence-corrected chi connectivity index (χ4v) is 1.84. The second-order valence-electron chi connectivity index (χ2n) is 4.64. The van der Waals surface area contributed by atoms with E-state index in [0.717, 1.165) is 0 Å². The zero-order valence-corrected chi connectivity index (χ0v) is 11.4. The van der Waals surface area contributed by atoms with Crippen molar-refractivity contribution in [3.05, 3.63) is 40.6 Å². The van der Waals surface area contributed by atoms with Gasteiger partial charge >= 0.3 is 18.3 Å². The predicted octanol–water partition coefficient (Wildman–Crippen LogP) is 2.77. The van der Waals surface area contributed by atoms with Crippen LogP contribution in [0.25, 0.3) is 0 Å². The number of carboxylic acids is 1. The van der Waals surface area contributed by atoms with Crippen LogP contribution in [0, 0.1) is 0 Å². The Kier molecular flexibility index (Phi) is 4.16. The predicted molar refractivity (Wildman–Crippen MR) is 64.2 cm³/mol. The minimum atomic E-state index is -5.02. The lowest BCUT2D eigenvalue weighted by atomic mass is 10.0. The molecule has 2 rings (SSSR count). The molecule has 6 nitrogen and oxygen atoms in total. The molecule has 0 spiro atoms. The lowest BCUT2D eigenvalue weighted by Gasteiger charge is -2.14. The first-order valence-electron chi connectivity index (χ1n) is 6.03. The summed E-state index contributed by atoms with van der Waals surface area (Å²) in [6.45, 7) is -0.737. The van der Waals surface area contributed by atoms with Gasteiger partial charge in [0.1, 0.15) is 0 Å². The minimum Gasteiger partial charge on any atom is -0.492 e. The summed E-state index contributed by atoms with van der Waals surface area (Å²) in [5.74, 6) is -2.65. The van der Waals surface area contributed by atoms with Crippen molar-refractivity contribution in [1.82, 2.24) is 15.0 Å². The van der Waals surface area contributed by atoms with Gasteiger partial charge in [0.25, 0.3) is 0 Å². The lowest BCUT2D eigenvalue weighted by molar-refractivity contribution is -0.143. The fraction of sp³-hybridized carbons (Fsp3) is 0.250. The highest BCUT2D eigenvalue weighted by Gasteiger charge is 2.37. The second-order valence-corrected chi connectivity index (χ2v) is 4.64. The van der Waals surface area contributed by atoms with Crippen LogP contribution in [0.2, 0.25) is 0 Å². The molecule has 0 fully saturated rings. The molecule has 0 saturated heterocycles. The number of rotatable bonds is 3. The Labute approximate surface area is 128 Å². The smallest absolute Gasteiger partial charge is 0.416 e. The number of hydrogen-bond acceptors (Lipinski definition) is 4. The van der Waals surface area contributed by atoms with E-state index in [1.807, 2.05) is 0 Å². The Balaban J connectivity index is 2.48. The third-order valence-electron chi connectivity index (χ3n) is 2.89. The zero-order chi connectivity index (χ0) is 18.3. The van der Waals surface area contributed by atoms with E-state index in [1.54, 1.807) is 0 Å². The van der Waals surface area contributed by atoms with Gasteiger partial charge in [0.2, 0.25) is 11.6 Å². The molecule has 0 aliphatic rings. The largest absolute Gasteiger partial charge is 0.492 e. The van der Waals surface area contributed by atoms with Crippen LogP contribution < -0.4 is 0 Å². The van der Waals surface area contributed by atoms with Crippen molar-refractivity contribution >= 4 is 5.97 Å². The molecule has 0 bridgehead atoms. The van der Waals surface area contributed by atoms with Crippen molar-refractivity contribution < 1.29 is 41.4 Å². The van der Waals surface area contributed by atoms with Crippen LogP contribution in [0.5, 0.6) is 5.88 Å². The molecule has 2 N–H and O–H groups in total. The molecule has 0 amide bonds. The van der Waals surface area contributed by atoms with E-state index in [1.165, 1.54) is 0 Å². The molecule has 0 aliphatic carbocycles. The van der Waals surface area contributed by atoms with Gasteiger partial charge in [-0.3, -0.25) is 0 Å². The van der Waals surface area contributed by atoms with Gasteiger partial charge in [0.15, 0.2) is 0 Å². The van der Waals surface area contributed by atoms with Gasteiger partial charge in [0.05, 0.1) is 17.7 Å². The summed E-state index contributed by atoms with van der Waals surface area (Å²) in [6.07, 6.45) is -10.0. The van der Waals surface area contributed by atoms with E-state index < -0.39 is 53.1 Å². The quantitative estimate of drug-likeness (QED) is 0.827. The van der Waals surface area contributed by atoms with E-state index in [0.29, 0.717) is 16.8 Å². The molecule has 130 valence electrons. The number of nitrogens with zero attached hydrogens (tertiary/aromatic N) is 3. The standard InChI is InChI=1S/C12H7F6N3O3/c13-11(14,15)6-1-5(2-7(3-6)12(16,17)18)4-21-9(22)8(10(23)24)19-20-21/h1-3,22H,4H2,(H,23,24). The Hall–Kier alpha value is -2.79. The molecule has 0 saturated carbocycles. The number of aromatic carboxylic acids is 1. The summed E-state index contributed by atoms with van der Waals surface area (Å²) in [7, 11) is 0. The highest BCUT2D eigenvalue weighted by Crippen LogP contribution is 2.36. The summed E-state index contributed by atoms with van der Waals surface area (Å²) in [6, 6.07) is 0.834. The monoisotopic (exact) mass is 355 g/mol. The van der Waals surface area contributed by atoms with Crippen LogP contribution in [0.1, 0.15) is 27.2 Å². The van der Waals surface area contributed by atoms with Gasteiger partial charge in [-0.1, -0.05) is 5.21 Å². The van der Waals surface area contributed by atoms with Crippen LogP contribution in [-0.2, 0) is 18.9 Å². The molecule has 1 aromatic carbocycles. The van der Waals surface area contributed by atoms with Gasteiger partial charge < -0.3 is 10.2 Å². The Bertz CT molecular complexity index is 749. The fourth-order valence-electron chi connectivity index (χ4n) is 1.84. The molecule has 0 unspecified atom stereocenters. The number of benzene rings is 1. The normalized spacial score (nSPS) is 12.4. The number of aromatic nitrogens is 3. The summed E-state index contributed by atoms with van der Waals surface area (Å²) >= 11 is 0. The molecule has 24 heavy (non-hydrogen) atoms. The van der Waals surface area contributed by atoms with E-state index in [2.05, 4.69) is 10.3 Å². The van der Waals surface area contributed by atoms with Crippen LogP contribution in [0.4, 0.5) is 26.3 Å². The molecular weight excluding hydrogens is 348 g/mol. The molecule has 1 heterocycles. The number of hydrogen-bond donors (Lipinski definition) is 2. The number of carbonyl (C=O) groups is 1. The van der Waals surface area contributed by atoms with Gasteiger partial charge in [-0.05, 0) is 23.8 Å². The highest BCUT2D eigenvalue weighted by molar-refractivity contribution is 5.87. The maximum absolute atomic E-state index is 12.7. The summed E-state index contributed by atoms with van der Waals surface area (Å²) < 4.78 is 76.9. The average Bonchev–Trinajstić information content (AvgIpc) is 2.78. The third kappa shape index (κ3) is 3.58. The zero-order valence-electron chi connectivity index (χ0n) is 11.4. The molecule has 2 aromatic rings. The van der Waals surface area contributed by atoms with Crippen molar-refractivity contribution in [3.63, 3.8) is 0 Å². The highest BCUT2D eigenvalue weighted by atomic mass is 19.4. The lowest BCUT2D eigenvalue weighted by Crippen LogP contribution is -2.13. The van der Waals surface area contributed by atoms with Gasteiger partial charge in [0, 0.05) is 0 Å². The van der Waals surface area contributed by atoms with E-state index in [-0.39, 0.29) is 6.07 Å². The Morgan fingerprint density at radius 1 is 1.04 bits per heavy atom. The number of alkyl halides is 6. The van der Waals surface area contributed by atoms with Crippen molar-refractivity contribution in [3.8, 4) is 5.88 Å². The van der Waals surface area contributed by atoms with Gasteiger partial charge in [-0.15, -0.1) is 5.10 Å². The van der Waals surface area contributed by atoms with E-state index in [4.69, 9.17) is 5.11 Å². The van der Waals surface area contributed by atoms with Crippen LogP contribution in [0.15, 0.2) is 18.2 Å². The van der Waals surface area contributed by atoms with Crippen molar-refractivity contribution in [2.24, 2.45) is 0 Å². The summed E-state index contributed by atoms with van der Waals surface area (Å²) in [5, 5.41) is 24.5. The molecule has 0 atom stereocenters. The Morgan fingerprint density at radius 2 is 1.54 bits per heavy atom. The van der Waals surface area contributed by atoms with Crippen LogP contribution >= 0.6 is 0 Å². The first-order chi connectivity index (χ1) is 10.9. The third-order valence-corrected chi connectivity index (χ3v) is 2.89. The Morgan fingerprint density at radius 3 is 1.92 bits per heavy atom. The SMILES string of the molecule is O=C(O)c1nnn(Cc2cc(C(F)(F)F)cc(C(F)(F)F)c2)c1O. The second kappa shape index (κ2) is 5.69. The number of aromatic hydroxyl groups is 1. The topological polar surface area (TPSA) is 88.2 Å². The maximum atomic E-state index is 12.7. The van der Waals surface area contributed by atoms with Gasteiger partial charge in [-0.25, -0.2) is 9.48 Å². The first-order valence-corrected chi connectivity index (χ1v) is 6.03. The average molecular weight is 355 g/mol. The van der Waals surface area contributed by atoms with Crippen molar-refractivity contribution in [1.29, 1.82) is 0 Å². The van der Waals surface area contributed by atoms with Crippen LogP contribution in [-0.4, -0.2) is 31.2 Å². The maximum Gasteiger partial charge on any atom is 0.416 e.